The third-order valence-corrected chi connectivity index (χ3v) is 6.36. The van der Waals surface area contributed by atoms with Gasteiger partial charge in [0.25, 0.3) is 5.91 Å². The molecule has 0 bridgehead atoms. The number of benzene rings is 4. The Bertz CT molecular complexity index is 1580. The van der Waals surface area contributed by atoms with Gasteiger partial charge in [-0.05, 0) is 84.8 Å². The first-order valence-corrected chi connectivity index (χ1v) is 13.3. The van der Waals surface area contributed by atoms with E-state index in [1.54, 1.807) is 72.8 Å². The average molecular weight is 591 g/mol. The van der Waals surface area contributed by atoms with E-state index < -0.39 is 5.91 Å². The molecule has 0 aromatic heterocycles. The molecule has 0 aliphatic carbocycles. The Kier molecular flexibility index (Phi) is 10.2. The molecule has 4 aromatic carbocycles. The lowest BCUT2D eigenvalue weighted by molar-refractivity contribution is -0.112. The molecule has 0 saturated carbocycles. The molecular weight excluding hydrogens is 566 g/mol. The Morgan fingerprint density at radius 3 is 2.34 bits per heavy atom. The van der Waals surface area contributed by atoms with E-state index in [0.717, 1.165) is 11.1 Å². The van der Waals surface area contributed by atoms with Crippen molar-refractivity contribution in [3.05, 3.63) is 123 Å². The molecule has 0 spiro atoms. The molecular formula is C32H25Cl2FN2O4. The van der Waals surface area contributed by atoms with Gasteiger partial charge in [0, 0.05) is 21.3 Å². The number of hydrogen-bond acceptors (Lipinski definition) is 5. The molecule has 6 nitrogen and oxygen atoms in total. The summed E-state index contributed by atoms with van der Waals surface area (Å²) in [5.41, 5.74) is 2.57. The van der Waals surface area contributed by atoms with Gasteiger partial charge in [-0.15, -0.1) is 0 Å². The van der Waals surface area contributed by atoms with Crippen LogP contribution in [0, 0.1) is 17.1 Å². The predicted octanol–water partition coefficient (Wildman–Crippen LogP) is 8.23. The van der Waals surface area contributed by atoms with Crippen LogP contribution in [0.25, 0.3) is 6.08 Å². The van der Waals surface area contributed by atoms with Gasteiger partial charge >= 0.3 is 0 Å². The van der Waals surface area contributed by atoms with Crippen LogP contribution in [-0.2, 0) is 18.0 Å². The van der Waals surface area contributed by atoms with E-state index in [1.807, 2.05) is 13.0 Å². The second-order valence-corrected chi connectivity index (χ2v) is 9.57. The fourth-order valence-electron chi connectivity index (χ4n) is 3.69. The second kappa shape index (κ2) is 14.2. The highest BCUT2D eigenvalue weighted by atomic mass is 35.5. The van der Waals surface area contributed by atoms with Crippen LogP contribution in [0.1, 0.15) is 23.6 Å². The lowest BCUT2D eigenvalue weighted by atomic mass is 10.1. The third-order valence-electron chi connectivity index (χ3n) is 5.77. The predicted molar refractivity (Wildman–Crippen MR) is 158 cm³/mol. The van der Waals surface area contributed by atoms with Crippen LogP contribution in [0.4, 0.5) is 10.1 Å². The number of carbonyl (C=O) groups is 1. The van der Waals surface area contributed by atoms with Crippen LogP contribution >= 0.6 is 23.2 Å². The molecule has 1 amide bonds. The second-order valence-electron chi connectivity index (χ2n) is 8.73. The highest BCUT2D eigenvalue weighted by molar-refractivity contribution is 6.35. The normalized spacial score (nSPS) is 11.0. The van der Waals surface area contributed by atoms with Crippen molar-refractivity contribution >= 4 is 40.9 Å². The zero-order valence-corrected chi connectivity index (χ0v) is 23.5. The van der Waals surface area contributed by atoms with E-state index in [4.69, 9.17) is 37.4 Å². The van der Waals surface area contributed by atoms with Crippen LogP contribution in [0.3, 0.4) is 0 Å². The van der Waals surface area contributed by atoms with Gasteiger partial charge in [0.1, 0.15) is 36.4 Å². The summed E-state index contributed by atoms with van der Waals surface area (Å²) in [6.07, 6.45) is 1.47. The van der Waals surface area contributed by atoms with Crippen LogP contribution < -0.4 is 19.5 Å². The quantitative estimate of drug-likeness (QED) is 0.140. The number of ether oxygens (including phenoxy) is 3. The van der Waals surface area contributed by atoms with Crippen LogP contribution in [-0.4, -0.2) is 12.5 Å². The summed E-state index contributed by atoms with van der Waals surface area (Å²) >= 11 is 12.1. The molecule has 0 radical (unpaired) electrons. The highest BCUT2D eigenvalue weighted by Gasteiger charge is 2.12. The fourth-order valence-corrected chi connectivity index (χ4v) is 4.15. The average Bonchev–Trinajstić information content (AvgIpc) is 2.96. The monoisotopic (exact) mass is 590 g/mol. The van der Waals surface area contributed by atoms with Crippen molar-refractivity contribution < 1.29 is 23.4 Å². The smallest absolute Gasteiger partial charge is 0.266 e. The van der Waals surface area contributed by atoms with Crippen LogP contribution in [0.2, 0.25) is 10.0 Å². The summed E-state index contributed by atoms with van der Waals surface area (Å²) in [4.78, 5) is 12.8. The molecule has 0 fully saturated rings. The maximum absolute atomic E-state index is 13.2. The van der Waals surface area contributed by atoms with E-state index in [9.17, 15) is 14.4 Å². The van der Waals surface area contributed by atoms with Gasteiger partial charge in [0.05, 0.1) is 6.61 Å². The number of hydrogen-bond donors (Lipinski definition) is 1. The molecule has 9 heteroatoms. The summed E-state index contributed by atoms with van der Waals surface area (Å²) in [5.74, 6) is 0.631. The number of rotatable bonds is 11. The van der Waals surface area contributed by atoms with E-state index in [0.29, 0.717) is 45.2 Å². The Balaban J connectivity index is 1.39. The largest absolute Gasteiger partial charge is 0.490 e. The van der Waals surface area contributed by atoms with Crippen molar-refractivity contribution in [1.29, 1.82) is 5.26 Å². The number of carbonyl (C=O) groups excluding carboxylic acids is 1. The first-order valence-electron chi connectivity index (χ1n) is 12.6. The van der Waals surface area contributed by atoms with Gasteiger partial charge in [0.2, 0.25) is 0 Å². The van der Waals surface area contributed by atoms with Crippen molar-refractivity contribution in [2.24, 2.45) is 0 Å². The SMILES string of the molecule is CCOc1cc(/C=C(\C#N)C(=O)Nc2ccc(OCc3ccc(Cl)cc3Cl)cc2)ccc1OCc1ccc(F)cc1. The van der Waals surface area contributed by atoms with E-state index >= 15 is 0 Å². The molecule has 0 unspecified atom stereocenters. The molecule has 4 rings (SSSR count). The maximum atomic E-state index is 13.2. The zero-order valence-electron chi connectivity index (χ0n) is 22.0. The van der Waals surface area contributed by atoms with Gasteiger partial charge < -0.3 is 19.5 Å². The molecule has 208 valence electrons. The lowest BCUT2D eigenvalue weighted by Crippen LogP contribution is -2.13. The van der Waals surface area contributed by atoms with Gasteiger partial charge in [-0.25, -0.2) is 4.39 Å². The lowest BCUT2D eigenvalue weighted by Gasteiger charge is -2.13. The van der Waals surface area contributed by atoms with Crippen molar-refractivity contribution in [2.45, 2.75) is 20.1 Å². The zero-order chi connectivity index (χ0) is 29.2. The maximum Gasteiger partial charge on any atom is 0.266 e. The van der Waals surface area contributed by atoms with E-state index in [-0.39, 0.29) is 24.6 Å². The number of amides is 1. The topological polar surface area (TPSA) is 80.6 Å². The minimum Gasteiger partial charge on any atom is -0.490 e. The van der Waals surface area contributed by atoms with Crippen LogP contribution in [0.5, 0.6) is 17.2 Å². The number of nitrogens with zero attached hydrogens (tertiary/aromatic N) is 1. The molecule has 41 heavy (non-hydrogen) atoms. The molecule has 0 heterocycles. The minimum atomic E-state index is -0.566. The van der Waals surface area contributed by atoms with Crippen molar-refractivity contribution in [2.75, 3.05) is 11.9 Å². The number of halogens is 3. The molecule has 4 aromatic rings. The van der Waals surface area contributed by atoms with E-state index in [1.165, 1.54) is 18.2 Å². The highest BCUT2D eigenvalue weighted by Crippen LogP contribution is 2.30. The first-order chi connectivity index (χ1) is 19.8. The van der Waals surface area contributed by atoms with Crippen molar-refractivity contribution in [3.63, 3.8) is 0 Å². The summed E-state index contributed by atoms with van der Waals surface area (Å²) in [6, 6.07) is 25.0. The van der Waals surface area contributed by atoms with Gasteiger partial charge in [-0.3, -0.25) is 4.79 Å². The van der Waals surface area contributed by atoms with Crippen molar-refractivity contribution in [3.8, 4) is 23.3 Å². The minimum absolute atomic E-state index is 0.0925. The summed E-state index contributed by atoms with van der Waals surface area (Å²) in [6.45, 7) is 2.70. The van der Waals surface area contributed by atoms with Crippen molar-refractivity contribution in [1.82, 2.24) is 0 Å². The first kappa shape index (κ1) is 29.5. The molecule has 0 aliphatic rings. The Morgan fingerprint density at radius 2 is 1.66 bits per heavy atom. The molecule has 0 atom stereocenters. The standard InChI is InChI=1S/C32H25Cl2FN2O4/c1-2-39-31-16-22(5-14-30(31)41-19-21-3-8-26(35)9-4-21)15-24(18-36)32(38)37-27-10-12-28(13-11-27)40-20-23-6-7-25(33)17-29(23)34/h3-17H,2,19-20H2,1H3,(H,37,38)/b24-15+. The van der Waals surface area contributed by atoms with Crippen LogP contribution in [0.15, 0.2) is 90.5 Å². The third kappa shape index (κ3) is 8.49. The molecule has 0 aliphatic heterocycles. The Hall–Kier alpha value is -4.51. The van der Waals surface area contributed by atoms with Gasteiger partial charge in [-0.2, -0.15) is 5.26 Å². The molecule has 0 saturated heterocycles. The number of nitriles is 1. The van der Waals surface area contributed by atoms with Gasteiger partial charge in [-0.1, -0.05) is 47.5 Å². The number of anilines is 1. The van der Waals surface area contributed by atoms with Gasteiger partial charge in [0.15, 0.2) is 11.5 Å². The summed E-state index contributed by atoms with van der Waals surface area (Å²) in [5, 5.41) is 13.4. The summed E-state index contributed by atoms with van der Waals surface area (Å²) < 4.78 is 30.5. The summed E-state index contributed by atoms with van der Waals surface area (Å²) in [7, 11) is 0. The molecule has 1 N–H and O–H groups in total. The Labute approximate surface area is 247 Å². The van der Waals surface area contributed by atoms with E-state index in [2.05, 4.69) is 5.32 Å². The fraction of sp³-hybridized carbons (Fsp3) is 0.125. The number of nitrogens with one attached hydrogen (secondary N) is 1. The Morgan fingerprint density at radius 1 is 0.902 bits per heavy atom.